The van der Waals surface area contributed by atoms with Gasteiger partial charge in [-0.15, -0.1) is 0 Å². The first-order valence-corrected chi connectivity index (χ1v) is 12.1. The van der Waals surface area contributed by atoms with E-state index in [9.17, 15) is 9.59 Å². The number of benzene rings is 2. The van der Waals surface area contributed by atoms with Gasteiger partial charge in [-0.2, -0.15) is 0 Å². The first-order chi connectivity index (χ1) is 17.1. The Morgan fingerprint density at radius 1 is 1.03 bits per heavy atom. The van der Waals surface area contributed by atoms with Gasteiger partial charge in [-0.05, 0) is 47.9 Å². The number of rotatable bonds is 10. The topological polar surface area (TPSA) is 95.3 Å². The van der Waals surface area contributed by atoms with Crippen LogP contribution in [0.25, 0.3) is 10.9 Å². The first-order valence-electron chi connectivity index (χ1n) is 11.1. The van der Waals surface area contributed by atoms with Gasteiger partial charge in [-0.3, -0.25) is 19.1 Å². The van der Waals surface area contributed by atoms with Crippen LogP contribution in [0.1, 0.15) is 11.1 Å². The van der Waals surface area contributed by atoms with Crippen LogP contribution in [0.15, 0.2) is 76.9 Å². The Morgan fingerprint density at radius 3 is 2.63 bits per heavy atom. The fraction of sp³-hybridized carbons (Fsp3) is 0.231. The third kappa shape index (κ3) is 5.99. The Bertz CT molecular complexity index is 1380. The van der Waals surface area contributed by atoms with Crippen molar-refractivity contribution in [2.45, 2.75) is 18.1 Å². The number of carbonyl (C=O) groups excluding carboxylic acids is 1. The predicted molar refractivity (Wildman–Crippen MR) is 136 cm³/mol. The molecule has 8 nitrogen and oxygen atoms in total. The third-order valence-electron chi connectivity index (χ3n) is 5.41. The molecule has 0 aliphatic rings. The lowest BCUT2D eigenvalue weighted by atomic mass is 10.1. The molecule has 1 amide bonds. The van der Waals surface area contributed by atoms with Crippen LogP contribution < -0.4 is 20.3 Å². The number of amides is 1. The molecule has 4 aromatic rings. The van der Waals surface area contributed by atoms with Crippen molar-refractivity contribution in [2.75, 3.05) is 26.5 Å². The SMILES string of the molecule is COc1ccc(CCNC(=O)CSc2nc3ccccc3c(=O)n2Cc2cccnc2)cc1OC. The Balaban J connectivity index is 1.43. The van der Waals surface area contributed by atoms with Gasteiger partial charge in [0.1, 0.15) is 0 Å². The molecule has 35 heavy (non-hydrogen) atoms. The first kappa shape index (κ1) is 24.3. The van der Waals surface area contributed by atoms with Gasteiger partial charge in [0, 0.05) is 18.9 Å². The lowest BCUT2D eigenvalue weighted by Gasteiger charge is -2.13. The quantitative estimate of drug-likeness (QED) is 0.269. The summed E-state index contributed by atoms with van der Waals surface area (Å²) in [5, 5.41) is 3.97. The van der Waals surface area contributed by atoms with E-state index in [1.54, 1.807) is 43.3 Å². The number of hydrogen-bond acceptors (Lipinski definition) is 7. The molecule has 0 radical (unpaired) electrons. The van der Waals surface area contributed by atoms with E-state index in [1.807, 2.05) is 42.5 Å². The molecule has 4 rings (SSSR count). The van der Waals surface area contributed by atoms with Crippen LogP contribution in [0.4, 0.5) is 0 Å². The van der Waals surface area contributed by atoms with Gasteiger partial charge in [0.05, 0.1) is 37.4 Å². The largest absolute Gasteiger partial charge is 0.493 e. The minimum absolute atomic E-state index is 0.134. The minimum atomic E-state index is -0.143. The molecule has 0 spiro atoms. The van der Waals surface area contributed by atoms with E-state index in [0.717, 1.165) is 11.1 Å². The van der Waals surface area contributed by atoms with Crippen LogP contribution in [0, 0.1) is 0 Å². The maximum atomic E-state index is 13.2. The van der Waals surface area contributed by atoms with Gasteiger partial charge in [0.2, 0.25) is 5.91 Å². The number of nitrogens with zero attached hydrogens (tertiary/aromatic N) is 3. The summed E-state index contributed by atoms with van der Waals surface area (Å²) in [6.45, 7) is 0.802. The van der Waals surface area contributed by atoms with Crippen LogP contribution in [-0.2, 0) is 17.8 Å². The van der Waals surface area contributed by atoms with Crippen LogP contribution >= 0.6 is 11.8 Å². The number of hydrogen-bond donors (Lipinski definition) is 1. The van der Waals surface area contributed by atoms with Crippen molar-refractivity contribution in [3.8, 4) is 11.5 Å². The van der Waals surface area contributed by atoms with Gasteiger partial charge in [0.25, 0.3) is 5.56 Å². The molecular formula is C26H26N4O4S. The second-order valence-electron chi connectivity index (χ2n) is 7.74. The molecule has 0 fully saturated rings. The Hall–Kier alpha value is -3.85. The van der Waals surface area contributed by atoms with Crippen molar-refractivity contribution in [2.24, 2.45) is 0 Å². The molecular weight excluding hydrogens is 464 g/mol. The van der Waals surface area contributed by atoms with Crippen molar-refractivity contribution in [1.29, 1.82) is 0 Å². The van der Waals surface area contributed by atoms with Crippen molar-refractivity contribution in [3.05, 3.63) is 88.5 Å². The van der Waals surface area contributed by atoms with Crippen LogP contribution in [0.5, 0.6) is 11.5 Å². The van der Waals surface area contributed by atoms with Gasteiger partial charge in [-0.25, -0.2) is 4.98 Å². The number of aromatic nitrogens is 3. The van der Waals surface area contributed by atoms with Gasteiger partial charge in [0.15, 0.2) is 16.7 Å². The standard InChI is InChI=1S/C26H26N4O4S/c1-33-22-10-9-18(14-23(22)34-2)11-13-28-24(31)17-35-26-29-21-8-4-3-7-20(21)25(32)30(26)16-19-6-5-12-27-15-19/h3-10,12,14-15H,11,13,16-17H2,1-2H3,(H,28,31). The second kappa shape index (κ2) is 11.5. The molecule has 0 atom stereocenters. The van der Waals surface area contributed by atoms with Gasteiger partial charge >= 0.3 is 0 Å². The van der Waals surface area contributed by atoms with E-state index >= 15 is 0 Å². The summed E-state index contributed by atoms with van der Waals surface area (Å²) in [6, 6.07) is 16.6. The van der Waals surface area contributed by atoms with Crippen molar-refractivity contribution < 1.29 is 14.3 Å². The van der Waals surface area contributed by atoms with E-state index < -0.39 is 0 Å². The lowest BCUT2D eigenvalue weighted by molar-refractivity contribution is -0.118. The molecule has 0 aliphatic carbocycles. The fourth-order valence-corrected chi connectivity index (χ4v) is 4.46. The molecule has 1 N–H and O–H groups in total. The highest BCUT2D eigenvalue weighted by Crippen LogP contribution is 2.27. The number of pyridine rings is 1. The third-order valence-corrected chi connectivity index (χ3v) is 6.38. The Morgan fingerprint density at radius 2 is 1.86 bits per heavy atom. The highest BCUT2D eigenvalue weighted by Gasteiger charge is 2.14. The number of carbonyl (C=O) groups is 1. The van der Waals surface area contributed by atoms with Crippen LogP contribution in [0.3, 0.4) is 0 Å². The maximum absolute atomic E-state index is 13.2. The highest BCUT2D eigenvalue weighted by molar-refractivity contribution is 7.99. The van der Waals surface area contributed by atoms with E-state index in [2.05, 4.69) is 15.3 Å². The molecule has 2 heterocycles. The number of nitrogens with one attached hydrogen (secondary N) is 1. The maximum Gasteiger partial charge on any atom is 0.262 e. The van der Waals surface area contributed by atoms with Gasteiger partial charge in [-0.1, -0.05) is 36.0 Å². The van der Waals surface area contributed by atoms with Crippen molar-refractivity contribution in [1.82, 2.24) is 19.9 Å². The monoisotopic (exact) mass is 490 g/mol. The van der Waals surface area contributed by atoms with Crippen molar-refractivity contribution >= 4 is 28.6 Å². The predicted octanol–water partition coefficient (Wildman–Crippen LogP) is 3.31. The molecule has 2 aromatic carbocycles. The normalized spacial score (nSPS) is 10.8. The zero-order valence-corrected chi connectivity index (χ0v) is 20.4. The minimum Gasteiger partial charge on any atom is -0.493 e. The molecule has 0 saturated carbocycles. The zero-order chi connectivity index (χ0) is 24.6. The summed E-state index contributed by atoms with van der Waals surface area (Å²) < 4.78 is 12.2. The number of para-hydroxylation sites is 1. The fourth-order valence-electron chi connectivity index (χ4n) is 3.64. The summed E-state index contributed by atoms with van der Waals surface area (Å²) in [4.78, 5) is 34.5. The molecule has 0 bridgehead atoms. The summed E-state index contributed by atoms with van der Waals surface area (Å²) in [5.74, 6) is 1.33. The number of ether oxygens (including phenoxy) is 2. The Kier molecular flexibility index (Phi) is 7.99. The lowest BCUT2D eigenvalue weighted by Crippen LogP contribution is -2.28. The highest BCUT2D eigenvalue weighted by atomic mass is 32.2. The Labute approximate surface area is 207 Å². The van der Waals surface area contributed by atoms with Crippen LogP contribution in [-0.4, -0.2) is 47.0 Å². The molecule has 9 heteroatoms. The van der Waals surface area contributed by atoms with Crippen LogP contribution in [0.2, 0.25) is 0 Å². The molecule has 180 valence electrons. The smallest absolute Gasteiger partial charge is 0.262 e. The number of thioether (sulfide) groups is 1. The molecule has 0 aliphatic heterocycles. The summed E-state index contributed by atoms with van der Waals surface area (Å²) in [7, 11) is 3.19. The number of fused-ring (bicyclic) bond motifs is 1. The summed E-state index contributed by atoms with van der Waals surface area (Å²) >= 11 is 1.24. The van der Waals surface area contributed by atoms with E-state index in [4.69, 9.17) is 9.47 Å². The summed E-state index contributed by atoms with van der Waals surface area (Å²) in [5.41, 5.74) is 2.37. The summed E-state index contributed by atoms with van der Waals surface area (Å²) in [6.07, 6.45) is 4.06. The second-order valence-corrected chi connectivity index (χ2v) is 8.68. The molecule has 0 unspecified atom stereocenters. The molecule has 0 saturated heterocycles. The van der Waals surface area contributed by atoms with E-state index in [0.29, 0.717) is 47.1 Å². The van der Waals surface area contributed by atoms with Gasteiger partial charge < -0.3 is 14.8 Å². The molecule has 2 aromatic heterocycles. The zero-order valence-electron chi connectivity index (χ0n) is 19.6. The van der Waals surface area contributed by atoms with Crippen molar-refractivity contribution in [3.63, 3.8) is 0 Å². The van der Waals surface area contributed by atoms with E-state index in [1.165, 1.54) is 11.8 Å². The average Bonchev–Trinajstić information content (AvgIpc) is 2.89. The average molecular weight is 491 g/mol. The number of methoxy groups -OCH3 is 2. The van der Waals surface area contributed by atoms with E-state index in [-0.39, 0.29) is 17.2 Å².